The van der Waals surface area contributed by atoms with Gasteiger partial charge in [-0.05, 0) is 56.2 Å². The predicted molar refractivity (Wildman–Crippen MR) is 111 cm³/mol. The maximum absolute atomic E-state index is 13.0. The van der Waals surface area contributed by atoms with Gasteiger partial charge in [0, 0.05) is 13.1 Å². The monoisotopic (exact) mass is 418 g/mol. The minimum Gasteiger partial charge on any atom is -0.495 e. The van der Waals surface area contributed by atoms with Gasteiger partial charge < -0.3 is 14.8 Å². The molecule has 1 aliphatic heterocycles. The predicted octanol–water partition coefficient (Wildman–Crippen LogP) is 3.13. The van der Waals surface area contributed by atoms with Crippen LogP contribution in [0.4, 0.5) is 5.69 Å². The summed E-state index contributed by atoms with van der Waals surface area (Å²) in [5, 5.41) is 2.86. The summed E-state index contributed by atoms with van der Waals surface area (Å²) >= 11 is 0. The molecule has 1 heterocycles. The zero-order valence-electron chi connectivity index (χ0n) is 16.6. The molecular formula is C21H26N2O5S. The number of amides is 1. The number of rotatable bonds is 7. The van der Waals surface area contributed by atoms with Crippen molar-refractivity contribution in [3.05, 3.63) is 48.5 Å². The number of para-hydroxylation sites is 2. The molecule has 1 saturated heterocycles. The van der Waals surface area contributed by atoms with E-state index in [1.165, 1.54) is 11.4 Å². The molecule has 156 valence electrons. The van der Waals surface area contributed by atoms with Crippen LogP contribution in [0.1, 0.15) is 19.8 Å². The highest BCUT2D eigenvalue weighted by Crippen LogP contribution is 2.28. The lowest BCUT2D eigenvalue weighted by molar-refractivity contribution is -0.120. The summed E-state index contributed by atoms with van der Waals surface area (Å²) in [4.78, 5) is 13.0. The van der Waals surface area contributed by atoms with Crippen molar-refractivity contribution in [2.75, 3.05) is 32.1 Å². The van der Waals surface area contributed by atoms with Crippen molar-refractivity contribution in [2.45, 2.75) is 24.7 Å². The molecule has 1 atom stereocenters. The van der Waals surface area contributed by atoms with Gasteiger partial charge in [-0.2, -0.15) is 4.31 Å². The van der Waals surface area contributed by atoms with Gasteiger partial charge in [-0.15, -0.1) is 0 Å². The van der Waals surface area contributed by atoms with Crippen LogP contribution >= 0.6 is 0 Å². The highest BCUT2D eigenvalue weighted by Gasteiger charge is 2.33. The van der Waals surface area contributed by atoms with E-state index in [0.717, 1.165) is 0 Å². The van der Waals surface area contributed by atoms with Crippen molar-refractivity contribution in [1.29, 1.82) is 0 Å². The smallest absolute Gasteiger partial charge is 0.243 e. The standard InChI is InChI=1S/C21H26N2O5S/c1-3-28-17-10-12-18(13-11-17)29(25,26)23-14-6-7-16(15-23)21(24)22-19-8-4-5-9-20(19)27-2/h4-5,8-13,16H,3,6-7,14-15H2,1-2H3,(H,22,24)/t16-/m0/s1. The summed E-state index contributed by atoms with van der Waals surface area (Å²) in [7, 11) is -2.13. The Labute approximate surface area is 171 Å². The summed E-state index contributed by atoms with van der Waals surface area (Å²) in [5.74, 6) is 0.557. The van der Waals surface area contributed by atoms with Gasteiger partial charge in [0.1, 0.15) is 11.5 Å². The fraction of sp³-hybridized carbons (Fsp3) is 0.381. The Balaban J connectivity index is 1.71. The summed E-state index contributed by atoms with van der Waals surface area (Å²) in [6.07, 6.45) is 1.26. The number of piperidine rings is 1. The molecule has 0 unspecified atom stereocenters. The topological polar surface area (TPSA) is 84.9 Å². The van der Waals surface area contributed by atoms with Crippen LogP contribution in [-0.4, -0.2) is 45.4 Å². The number of benzene rings is 2. The number of methoxy groups -OCH3 is 1. The Bertz CT molecular complexity index is 944. The van der Waals surface area contributed by atoms with Crippen LogP contribution in [0.25, 0.3) is 0 Å². The molecule has 0 aliphatic carbocycles. The van der Waals surface area contributed by atoms with Crippen molar-refractivity contribution >= 4 is 21.6 Å². The van der Waals surface area contributed by atoms with E-state index in [1.807, 2.05) is 19.1 Å². The summed E-state index contributed by atoms with van der Waals surface area (Å²) in [5.41, 5.74) is 0.575. The molecule has 0 saturated carbocycles. The lowest BCUT2D eigenvalue weighted by atomic mass is 9.98. The molecule has 0 spiro atoms. The first-order valence-electron chi connectivity index (χ1n) is 9.62. The van der Waals surface area contributed by atoms with E-state index in [1.54, 1.807) is 36.4 Å². The van der Waals surface area contributed by atoms with Crippen molar-refractivity contribution in [2.24, 2.45) is 5.92 Å². The van der Waals surface area contributed by atoms with Crippen molar-refractivity contribution in [1.82, 2.24) is 4.31 Å². The Morgan fingerprint density at radius 2 is 1.90 bits per heavy atom. The van der Waals surface area contributed by atoms with Crippen LogP contribution in [0.5, 0.6) is 11.5 Å². The van der Waals surface area contributed by atoms with E-state index in [-0.39, 0.29) is 17.3 Å². The number of anilines is 1. The lowest BCUT2D eigenvalue weighted by Gasteiger charge is -2.31. The number of hydrogen-bond acceptors (Lipinski definition) is 5. The fourth-order valence-corrected chi connectivity index (χ4v) is 4.90. The molecule has 1 aliphatic rings. The third-order valence-corrected chi connectivity index (χ3v) is 6.77. The van der Waals surface area contributed by atoms with E-state index in [2.05, 4.69) is 5.32 Å². The van der Waals surface area contributed by atoms with Crippen LogP contribution in [0.15, 0.2) is 53.4 Å². The average Bonchev–Trinajstić information content (AvgIpc) is 2.75. The molecule has 1 N–H and O–H groups in total. The van der Waals surface area contributed by atoms with Gasteiger partial charge in [-0.1, -0.05) is 12.1 Å². The molecule has 0 bridgehead atoms. The zero-order valence-corrected chi connectivity index (χ0v) is 17.4. The number of nitrogens with zero attached hydrogens (tertiary/aromatic N) is 1. The van der Waals surface area contributed by atoms with Gasteiger partial charge in [0.05, 0.1) is 30.2 Å². The second-order valence-corrected chi connectivity index (χ2v) is 8.73. The van der Waals surface area contributed by atoms with Gasteiger partial charge in [0.2, 0.25) is 15.9 Å². The second-order valence-electron chi connectivity index (χ2n) is 6.80. The second kappa shape index (κ2) is 9.28. The number of nitrogens with one attached hydrogen (secondary N) is 1. The van der Waals surface area contributed by atoms with Crippen molar-refractivity contribution < 1.29 is 22.7 Å². The summed E-state index contributed by atoms with van der Waals surface area (Å²) < 4.78 is 38.1. The molecule has 29 heavy (non-hydrogen) atoms. The third kappa shape index (κ3) is 4.89. The van der Waals surface area contributed by atoms with Crippen LogP contribution in [0.3, 0.4) is 0 Å². The first-order valence-corrected chi connectivity index (χ1v) is 11.1. The minimum absolute atomic E-state index is 0.149. The Morgan fingerprint density at radius 3 is 2.59 bits per heavy atom. The number of carbonyl (C=O) groups excluding carboxylic acids is 1. The molecule has 1 fully saturated rings. The number of carbonyl (C=O) groups is 1. The van der Waals surface area contributed by atoms with Gasteiger partial charge in [-0.25, -0.2) is 8.42 Å². The number of hydrogen-bond donors (Lipinski definition) is 1. The van der Waals surface area contributed by atoms with Gasteiger partial charge in [0.25, 0.3) is 0 Å². The Kier molecular flexibility index (Phi) is 6.76. The molecule has 7 nitrogen and oxygen atoms in total. The number of sulfonamides is 1. The van der Waals surface area contributed by atoms with E-state index < -0.39 is 15.9 Å². The zero-order chi connectivity index (χ0) is 20.9. The average molecular weight is 419 g/mol. The van der Waals surface area contributed by atoms with E-state index in [0.29, 0.717) is 43.2 Å². The Morgan fingerprint density at radius 1 is 1.17 bits per heavy atom. The fourth-order valence-electron chi connectivity index (χ4n) is 3.38. The summed E-state index contributed by atoms with van der Waals surface area (Å²) in [6, 6.07) is 13.5. The highest BCUT2D eigenvalue weighted by molar-refractivity contribution is 7.89. The highest BCUT2D eigenvalue weighted by atomic mass is 32.2. The van der Waals surface area contributed by atoms with E-state index in [4.69, 9.17) is 9.47 Å². The molecule has 1 amide bonds. The maximum atomic E-state index is 13.0. The quantitative estimate of drug-likeness (QED) is 0.747. The van der Waals surface area contributed by atoms with Gasteiger partial charge >= 0.3 is 0 Å². The van der Waals surface area contributed by atoms with Gasteiger partial charge in [-0.3, -0.25) is 4.79 Å². The van der Waals surface area contributed by atoms with Crippen LogP contribution in [-0.2, 0) is 14.8 Å². The number of ether oxygens (including phenoxy) is 2. The van der Waals surface area contributed by atoms with Crippen LogP contribution < -0.4 is 14.8 Å². The minimum atomic E-state index is -3.67. The van der Waals surface area contributed by atoms with Gasteiger partial charge in [0.15, 0.2) is 0 Å². The molecule has 0 radical (unpaired) electrons. The van der Waals surface area contributed by atoms with Crippen LogP contribution in [0.2, 0.25) is 0 Å². The van der Waals surface area contributed by atoms with Crippen molar-refractivity contribution in [3.8, 4) is 11.5 Å². The first-order chi connectivity index (χ1) is 14.0. The largest absolute Gasteiger partial charge is 0.495 e. The third-order valence-electron chi connectivity index (χ3n) is 4.89. The molecule has 2 aromatic rings. The van der Waals surface area contributed by atoms with E-state index >= 15 is 0 Å². The van der Waals surface area contributed by atoms with Crippen molar-refractivity contribution in [3.63, 3.8) is 0 Å². The SMILES string of the molecule is CCOc1ccc(S(=O)(=O)N2CCC[C@H](C(=O)Nc3ccccc3OC)C2)cc1. The maximum Gasteiger partial charge on any atom is 0.243 e. The molecule has 0 aromatic heterocycles. The normalized spacial score (nSPS) is 17.5. The van der Waals surface area contributed by atoms with Crippen LogP contribution in [0, 0.1) is 5.92 Å². The summed E-state index contributed by atoms with van der Waals surface area (Å²) in [6.45, 7) is 2.93. The molecule has 3 rings (SSSR count). The first kappa shape index (κ1) is 21.1. The van der Waals surface area contributed by atoms with E-state index in [9.17, 15) is 13.2 Å². The molecular weight excluding hydrogens is 392 g/mol. The molecule has 8 heteroatoms. The lowest BCUT2D eigenvalue weighted by Crippen LogP contribution is -2.43. The molecule has 2 aromatic carbocycles. The Hall–Kier alpha value is -2.58.